The topological polar surface area (TPSA) is 120 Å². The van der Waals surface area contributed by atoms with Gasteiger partial charge in [0.25, 0.3) is 0 Å². The van der Waals surface area contributed by atoms with E-state index in [0.29, 0.717) is 5.00 Å². The van der Waals surface area contributed by atoms with E-state index in [1.54, 1.807) is 6.07 Å². The van der Waals surface area contributed by atoms with Gasteiger partial charge in [0.05, 0.1) is 12.2 Å². The Labute approximate surface area is 167 Å². The lowest BCUT2D eigenvalue weighted by Gasteiger charge is -2.35. The first-order valence-corrected chi connectivity index (χ1v) is 9.76. The average Bonchev–Trinajstić information content (AvgIpc) is 2.95. The van der Waals surface area contributed by atoms with E-state index < -0.39 is 12.1 Å². The van der Waals surface area contributed by atoms with Gasteiger partial charge < -0.3 is 20.9 Å². The molecule has 0 aliphatic carbocycles. The summed E-state index contributed by atoms with van der Waals surface area (Å²) in [6.45, 7) is 6.85. The van der Waals surface area contributed by atoms with Gasteiger partial charge >= 0.3 is 12.1 Å². The van der Waals surface area contributed by atoms with Crippen LogP contribution in [0.2, 0.25) is 0 Å². The molecule has 0 spiro atoms. The third-order valence-electron chi connectivity index (χ3n) is 4.29. The van der Waals surface area contributed by atoms with Crippen LogP contribution in [0, 0.1) is 0 Å². The third-order valence-corrected chi connectivity index (χ3v) is 5.37. The Hall–Kier alpha value is -2.62. The fraction of sp³-hybridized carbons (Fsp3) is 0.368. The highest BCUT2D eigenvalue weighted by Crippen LogP contribution is 2.40. The number of urea groups is 1. The second-order valence-corrected chi connectivity index (χ2v) is 7.91. The zero-order chi connectivity index (χ0) is 20.3. The molecule has 0 unspecified atom stereocenters. The van der Waals surface area contributed by atoms with Crippen molar-refractivity contribution in [3.63, 3.8) is 0 Å². The minimum atomic E-state index is -0.957. The number of carbonyl (C=O) groups excluding carboxylic acids is 2. The molecule has 1 aliphatic heterocycles. The quantitative estimate of drug-likeness (QED) is 0.708. The summed E-state index contributed by atoms with van der Waals surface area (Å²) in [6.07, 6.45) is -0.496. The predicted molar refractivity (Wildman–Crippen MR) is 108 cm³/mol. The molecule has 2 atom stereocenters. The number of hydrogen-bond donors (Lipinski definition) is 3. The smallest absolute Gasteiger partial charge is 0.407 e. The molecule has 150 valence electrons. The van der Waals surface area contributed by atoms with Crippen LogP contribution >= 0.6 is 11.3 Å². The number of primary amides is 2. The van der Waals surface area contributed by atoms with Gasteiger partial charge in [0, 0.05) is 30.6 Å². The molecule has 0 saturated carbocycles. The number of morpholine rings is 1. The van der Waals surface area contributed by atoms with E-state index in [1.165, 1.54) is 16.9 Å². The maximum Gasteiger partial charge on any atom is 0.410 e. The van der Waals surface area contributed by atoms with E-state index in [0.717, 1.165) is 30.1 Å². The molecule has 5 N–H and O–H groups in total. The Balaban J connectivity index is 1.74. The maximum absolute atomic E-state index is 11.2. The van der Waals surface area contributed by atoms with Gasteiger partial charge in [0.1, 0.15) is 5.00 Å². The Morgan fingerprint density at radius 2 is 1.86 bits per heavy atom. The fourth-order valence-corrected chi connectivity index (χ4v) is 4.34. The first kappa shape index (κ1) is 20.1. The molecule has 0 bridgehead atoms. The molecular formula is C19H24N4O4S. The van der Waals surface area contributed by atoms with Crippen molar-refractivity contribution >= 4 is 28.5 Å². The van der Waals surface area contributed by atoms with Gasteiger partial charge in [-0.15, -0.1) is 11.3 Å². The van der Waals surface area contributed by atoms with Crippen molar-refractivity contribution in [2.75, 3.05) is 18.4 Å². The van der Waals surface area contributed by atoms with Gasteiger partial charge in [0.2, 0.25) is 0 Å². The van der Waals surface area contributed by atoms with Crippen LogP contribution in [0.25, 0.3) is 10.4 Å². The van der Waals surface area contributed by atoms with Crippen molar-refractivity contribution in [2.45, 2.75) is 32.6 Å². The predicted octanol–water partition coefficient (Wildman–Crippen LogP) is 2.97. The van der Waals surface area contributed by atoms with Gasteiger partial charge in [-0.2, -0.15) is 0 Å². The van der Waals surface area contributed by atoms with E-state index in [1.807, 2.05) is 12.1 Å². The number of carbonyl (C=O) groups is 2. The SMILES string of the molecule is C[C@@H]1CN(Cc2ccc(-c3cc(OC(N)=O)c(NC(N)=O)s3)cc2)C[C@H](C)O1. The van der Waals surface area contributed by atoms with Gasteiger partial charge in [-0.25, -0.2) is 9.59 Å². The number of amides is 3. The Bertz CT molecular complexity index is 809. The van der Waals surface area contributed by atoms with Gasteiger partial charge in [0.15, 0.2) is 5.75 Å². The Kier molecular flexibility index (Phi) is 6.18. The number of nitrogens with one attached hydrogen (secondary N) is 1. The number of benzene rings is 1. The zero-order valence-electron chi connectivity index (χ0n) is 15.8. The summed E-state index contributed by atoms with van der Waals surface area (Å²) in [5.74, 6) is 0.173. The van der Waals surface area contributed by atoms with E-state index in [2.05, 4.69) is 36.2 Å². The lowest BCUT2D eigenvalue weighted by molar-refractivity contribution is -0.0704. The van der Waals surface area contributed by atoms with Crippen LogP contribution in [0.4, 0.5) is 14.6 Å². The molecule has 1 aromatic heterocycles. The number of nitrogens with two attached hydrogens (primary N) is 2. The van der Waals surface area contributed by atoms with Crippen molar-refractivity contribution in [3.8, 4) is 16.2 Å². The summed E-state index contributed by atoms with van der Waals surface area (Å²) in [5, 5.41) is 2.78. The van der Waals surface area contributed by atoms with Gasteiger partial charge in [-0.3, -0.25) is 10.2 Å². The molecule has 3 amide bonds. The molecule has 9 heteroatoms. The highest BCUT2D eigenvalue weighted by molar-refractivity contribution is 7.20. The highest BCUT2D eigenvalue weighted by Gasteiger charge is 2.22. The molecule has 1 fully saturated rings. The molecule has 1 aromatic carbocycles. The molecule has 3 rings (SSSR count). The highest BCUT2D eigenvalue weighted by atomic mass is 32.1. The van der Waals surface area contributed by atoms with Crippen LogP contribution in [-0.2, 0) is 11.3 Å². The van der Waals surface area contributed by atoms with Crippen LogP contribution in [0.1, 0.15) is 19.4 Å². The number of rotatable bonds is 5. The van der Waals surface area contributed by atoms with Crippen molar-refractivity contribution in [1.82, 2.24) is 4.90 Å². The first-order valence-electron chi connectivity index (χ1n) is 8.95. The summed E-state index contributed by atoms with van der Waals surface area (Å²) in [6, 6.07) is 9.03. The van der Waals surface area contributed by atoms with Crippen molar-refractivity contribution in [3.05, 3.63) is 35.9 Å². The van der Waals surface area contributed by atoms with Crippen LogP contribution < -0.4 is 21.5 Å². The Morgan fingerprint density at radius 3 is 2.43 bits per heavy atom. The van der Waals surface area contributed by atoms with E-state index in [-0.39, 0.29) is 18.0 Å². The molecule has 8 nitrogen and oxygen atoms in total. The van der Waals surface area contributed by atoms with Crippen molar-refractivity contribution in [2.24, 2.45) is 11.5 Å². The number of hydrogen-bond acceptors (Lipinski definition) is 6. The molecule has 2 heterocycles. The second-order valence-electron chi connectivity index (χ2n) is 6.86. The summed E-state index contributed by atoms with van der Waals surface area (Å²) < 4.78 is 10.7. The number of nitrogens with zero attached hydrogens (tertiary/aromatic N) is 1. The van der Waals surface area contributed by atoms with Crippen LogP contribution in [0.3, 0.4) is 0 Å². The van der Waals surface area contributed by atoms with Crippen molar-refractivity contribution in [1.29, 1.82) is 0 Å². The lowest BCUT2D eigenvalue weighted by Crippen LogP contribution is -2.44. The minimum Gasteiger partial charge on any atom is -0.407 e. The zero-order valence-corrected chi connectivity index (χ0v) is 16.6. The normalized spacial score (nSPS) is 19.9. The maximum atomic E-state index is 11.2. The van der Waals surface area contributed by atoms with Gasteiger partial charge in [-0.05, 0) is 25.0 Å². The number of anilines is 1. The third kappa shape index (κ3) is 5.22. The fourth-order valence-electron chi connectivity index (χ4n) is 3.35. The summed E-state index contributed by atoms with van der Waals surface area (Å²) in [5.41, 5.74) is 12.4. The van der Waals surface area contributed by atoms with E-state index in [9.17, 15) is 9.59 Å². The van der Waals surface area contributed by atoms with Crippen LogP contribution in [-0.4, -0.2) is 42.3 Å². The first-order chi connectivity index (χ1) is 13.3. The monoisotopic (exact) mass is 404 g/mol. The standard InChI is InChI=1S/C19H24N4O4S/c1-11-8-23(9-12(2)26-11)10-13-3-5-14(6-4-13)16-7-15(27-19(21)25)17(28-16)22-18(20)24/h3-7,11-12H,8-10H2,1-2H3,(H2,21,25)(H3,20,22,24)/t11-,12+. The second kappa shape index (κ2) is 8.59. The largest absolute Gasteiger partial charge is 0.410 e. The lowest BCUT2D eigenvalue weighted by atomic mass is 10.1. The Morgan fingerprint density at radius 1 is 1.21 bits per heavy atom. The number of thiophene rings is 1. The van der Waals surface area contributed by atoms with E-state index in [4.69, 9.17) is 20.9 Å². The minimum absolute atomic E-state index is 0.173. The van der Waals surface area contributed by atoms with Crippen molar-refractivity contribution < 1.29 is 19.1 Å². The van der Waals surface area contributed by atoms with Crippen LogP contribution in [0.5, 0.6) is 5.75 Å². The van der Waals surface area contributed by atoms with Crippen LogP contribution in [0.15, 0.2) is 30.3 Å². The number of ether oxygens (including phenoxy) is 2. The summed E-state index contributed by atoms with van der Waals surface area (Å²) in [4.78, 5) is 25.4. The van der Waals surface area contributed by atoms with Gasteiger partial charge in [-0.1, -0.05) is 24.3 Å². The summed E-state index contributed by atoms with van der Waals surface area (Å²) >= 11 is 1.25. The molecule has 28 heavy (non-hydrogen) atoms. The molecule has 1 aliphatic rings. The average molecular weight is 404 g/mol. The molecule has 1 saturated heterocycles. The molecule has 2 aromatic rings. The molecular weight excluding hydrogens is 380 g/mol. The summed E-state index contributed by atoms with van der Waals surface area (Å²) in [7, 11) is 0. The van der Waals surface area contributed by atoms with E-state index >= 15 is 0 Å². The molecule has 0 radical (unpaired) electrons.